The molecule has 410 valence electrons. The second-order valence-electron chi connectivity index (χ2n) is 16.8. The summed E-state index contributed by atoms with van der Waals surface area (Å²) >= 11 is 0. The van der Waals surface area contributed by atoms with Gasteiger partial charge in [0.2, 0.25) is 0 Å². The predicted molar refractivity (Wildman–Crippen MR) is 285 cm³/mol. The van der Waals surface area contributed by atoms with E-state index in [1.165, 1.54) is 150 Å². The zero-order valence-corrected chi connectivity index (χ0v) is 56.5. The van der Waals surface area contributed by atoms with Gasteiger partial charge in [-0.25, -0.2) is 0 Å². The summed E-state index contributed by atoms with van der Waals surface area (Å²) in [6.07, 6.45) is 0. The molecule has 0 aliphatic carbocycles. The molecule has 1 fully saturated rings. The molecule has 1 rings (SSSR count). The van der Waals surface area contributed by atoms with Crippen LogP contribution in [0.4, 0.5) is 0 Å². The highest BCUT2D eigenvalue weighted by atomic mass is 28.5. The summed E-state index contributed by atoms with van der Waals surface area (Å²) in [4.78, 5) is 0. The van der Waals surface area contributed by atoms with E-state index in [0.717, 1.165) is 0 Å². The largest absolute Gasteiger partial charge is 0.493 e. The van der Waals surface area contributed by atoms with E-state index in [0.29, 0.717) is 0 Å². The van der Waals surface area contributed by atoms with E-state index in [9.17, 15) is 0 Å². The van der Waals surface area contributed by atoms with E-state index in [1.807, 2.05) is 0 Å². The Morgan fingerprint density at radius 3 is 0.412 bits per heavy atom. The summed E-state index contributed by atoms with van der Waals surface area (Å²) in [5.41, 5.74) is 0. The van der Waals surface area contributed by atoms with Crippen molar-refractivity contribution in [3.8, 4) is 0 Å². The Hall–Kier alpha value is 1.37. The zero-order valence-electron chi connectivity index (χ0n) is 46.5. The molecule has 0 saturated carbocycles. The molecule has 0 spiro atoms. The molecule has 0 atom stereocenters. The first kappa shape index (κ1) is 69.4. The Labute approximate surface area is 423 Å². The van der Waals surface area contributed by atoms with Crippen LogP contribution in [0.15, 0.2) is 0 Å². The lowest BCUT2D eigenvalue weighted by Gasteiger charge is -2.41. The second-order valence-corrected chi connectivity index (χ2v) is 52.7. The van der Waals surface area contributed by atoms with Gasteiger partial charge in [-0.05, 0) is 0 Å². The van der Waals surface area contributed by atoms with Crippen LogP contribution in [0.3, 0.4) is 0 Å². The summed E-state index contributed by atoms with van der Waals surface area (Å²) in [7, 11) is -6.57. The van der Waals surface area contributed by atoms with Crippen LogP contribution in [0.1, 0.15) is 41.5 Å². The van der Waals surface area contributed by atoms with E-state index in [2.05, 4.69) is 41.5 Å². The highest BCUT2D eigenvalue weighted by Crippen LogP contribution is 2.39. The molecular weight excluding hydrogens is 1060 g/mol. The molecule has 1 aliphatic rings. The summed E-state index contributed by atoms with van der Waals surface area (Å²) in [5, 5.41) is 0. The minimum atomic E-state index is -3.61. The van der Waals surface area contributed by atoms with Crippen molar-refractivity contribution in [2.24, 2.45) is 0 Å². The fourth-order valence-corrected chi connectivity index (χ4v) is 48.6. The van der Waals surface area contributed by atoms with Crippen molar-refractivity contribution in [2.75, 3.05) is 114 Å². The number of hydrogen-bond donors (Lipinski definition) is 0. The van der Waals surface area contributed by atoms with Gasteiger partial charge in [0, 0.05) is 162 Å². The highest BCUT2D eigenvalue weighted by Gasteiger charge is 2.62. The van der Waals surface area contributed by atoms with Gasteiger partial charge in [0.25, 0.3) is 0 Å². The van der Waals surface area contributed by atoms with E-state index in [4.69, 9.17) is 87.3 Å². The van der Waals surface area contributed by atoms with Crippen molar-refractivity contribution in [1.29, 1.82) is 0 Å². The minimum absolute atomic E-state index is 0.179. The molecule has 0 amide bonds. The second kappa shape index (κ2) is 32.7. The standard InChI is InChI=1S/C24H64O20Si8.C14H34Si2/c1-25-45(26-2)17-18-47(29-5,30-6)42-49(33-9,34-10)21-22-51(37-13,38-14)44-52(39-15,40-16)24-23-50(35-11,36-12)43-48(31-7,32-8)20-19-46(27-3,28-4)41-45;1-7-15(8-2,9-3)13-14-16(10-4,11-5)12-6/h17-24H2,1-16H3;7-14H2,1-6H3. The molecule has 68 heavy (non-hydrogen) atoms. The monoisotopic (exact) mass is 1150 g/mol. The first-order valence-electron chi connectivity index (χ1n) is 23.8. The molecule has 0 aromatic carbocycles. The van der Waals surface area contributed by atoms with Gasteiger partial charge in [-0.2, -0.15) is 0 Å². The number of hydrogen-bond acceptors (Lipinski definition) is 20. The fraction of sp³-hybridized carbons (Fsp3) is 1.00. The smallest absolute Gasteiger partial charge is 0.377 e. The van der Waals surface area contributed by atoms with Crippen LogP contribution < -0.4 is 0 Å². The van der Waals surface area contributed by atoms with E-state index in [-0.39, 0.29) is 48.4 Å². The van der Waals surface area contributed by atoms with Gasteiger partial charge in [-0.3, -0.25) is 0 Å². The summed E-state index contributed by atoms with van der Waals surface area (Å²) in [6.45, 7) is 14.7. The topological polar surface area (TPSA) is 185 Å². The van der Waals surface area contributed by atoms with Crippen molar-refractivity contribution < 1.29 is 87.3 Å². The average Bonchev–Trinajstić information content (AvgIpc) is 3.41. The lowest BCUT2D eigenvalue weighted by atomic mass is 10.9. The van der Waals surface area contributed by atoms with E-state index >= 15 is 0 Å². The molecular formula is C38H98O20Si10. The molecule has 0 N–H and O–H groups in total. The predicted octanol–water partition coefficient (Wildman–Crippen LogP) is 7.92. The SMILES string of the molecule is CC[Si](CC)(CC)CC[Si](CC)(CC)CC.CO[Si]1(OC)CC[Si](OC)(OC)O[Si](OC)(OC)CC[Si](OC)(OC)O[Si](OC)(OC)CC[Si](OC)(OC)O[Si](OC)(OC)CC[Si](OC)(OC)O1. The van der Waals surface area contributed by atoms with Gasteiger partial charge in [-0.15, -0.1) is 0 Å². The highest BCUT2D eigenvalue weighted by molar-refractivity contribution is 6.85. The molecule has 0 radical (unpaired) electrons. The van der Waals surface area contributed by atoms with Crippen LogP contribution in [0.5, 0.6) is 0 Å². The van der Waals surface area contributed by atoms with Gasteiger partial charge < -0.3 is 87.3 Å². The van der Waals surface area contributed by atoms with Crippen molar-refractivity contribution >= 4 is 86.6 Å². The maximum Gasteiger partial charge on any atom is 0.493 e. The lowest BCUT2D eigenvalue weighted by molar-refractivity contribution is 0.0689. The molecule has 30 heteroatoms. The Bertz CT molecular complexity index is 1040. The Morgan fingerprint density at radius 1 is 0.235 bits per heavy atom. The third-order valence-electron chi connectivity index (χ3n) is 14.9. The van der Waals surface area contributed by atoms with Crippen LogP contribution in [-0.2, 0) is 87.3 Å². The molecule has 0 bridgehead atoms. The van der Waals surface area contributed by atoms with Gasteiger partial charge in [0.1, 0.15) is 0 Å². The van der Waals surface area contributed by atoms with Gasteiger partial charge in [-0.1, -0.05) is 89.9 Å². The first-order valence-corrected chi connectivity index (χ1v) is 44.9. The molecule has 20 nitrogen and oxygen atoms in total. The Balaban J connectivity index is 0.00000237. The first-order chi connectivity index (χ1) is 32.2. The molecule has 0 unspecified atom stereocenters. The summed E-state index contributed by atoms with van der Waals surface area (Å²) in [6, 6.07) is 13.8. The summed E-state index contributed by atoms with van der Waals surface area (Å²) < 4.78 is 123. The summed E-state index contributed by atoms with van der Waals surface area (Å²) in [5.74, 6) is 0. The maximum atomic E-state index is 6.72. The Kier molecular flexibility index (Phi) is 33.4. The molecule has 0 aromatic rings. The van der Waals surface area contributed by atoms with Gasteiger partial charge in [0.05, 0.1) is 16.1 Å². The normalized spacial score (nSPS) is 22.1. The Morgan fingerprint density at radius 2 is 0.338 bits per heavy atom. The number of rotatable bonds is 25. The average molecular weight is 1160 g/mol. The maximum absolute atomic E-state index is 6.72. The van der Waals surface area contributed by atoms with Crippen molar-refractivity contribution in [3.63, 3.8) is 0 Å². The van der Waals surface area contributed by atoms with Crippen molar-refractivity contribution in [2.45, 2.75) is 138 Å². The van der Waals surface area contributed by atoms with E-state index < -0.39 is 86.6 Å². The van der Waals surface area contributed by atoms with Crippen LogP contribution in [0.25, 0.3) is 0 Å². The van der Waals surface area contributed by atoms with Gasteiger partial charge >= 0.3 is 70.4 Å². The zero-order chi connectivity index (χ0) is 52.5. The fourth-order valence-electron chi connectivity index (χ4n) is 8.64. The molecule has 1 heterocycles. The third-order valence-corrected chi connectivity index (χ3v) is 55.8. The molecule has 0 aromatic heterocycles. The van der Waals surface area contributed by atoms with Gasteiger partial charge in [0.15, 0.2) is 0 Å². The van der Waals surface area contributed by atoms with Crippen LogP contribution in [0.2, 0.25) is 96.7 Å². The molecule has 1 saturated heterocycles. The van der Waals surface area contributed by atoms with Crippen LogP contribution in [-0.4, -0.2) is 200 Å². The molecule has 1 aliphatic heterocycles. The lowest BCUT2D eigenvalue weighted by Crippen LogP contribution is -2.63. The van der Waals surface area contributed by atoms with Crippen molar-refractivity contribution in [3.05, 3.63) is 0 Å². The van der Waals surface area contributed by atoms with Crippen molar-refractivity contribution in [1.82, 2.24) is 0 Å². The minimum Gasteiger partial charge on any atom is -0.377 e. The van der Waals surface area contributed by atoms with E-state index in [1.54, 1.807) is 12.1 Å². The van der Waals surface area contributed by atoms with Crippen LogP contribution in [0, 0.1) is 0 Å². The third kappa shape index (κ3) is 18.6. The van der Waals surface area contributed by atoms with Crippen LogP contribution >= 0.6 is 0 Å². The quantitative estimate of drug-likeness (QED) is 0.0802.